The average Bonchev–Trinajstić information content (AvgIpc) is 2.34. The highest BCUT2D eigenvalue weighted by Gasteiger charge is 2.23. The van der Waals surface area contributed by atoms with E-state index in [0.717, 1.165) is 0 Å². The van der Waals surface area contributed by atoms with Crippen molar-refractivity contribution >= 4 is 23.5 Å². The molecule has 1 amide bonds. The molecule has 6 heteroatoms. The fourth-order valence-corrected chi connectivity index (χ4v) is 1.65. The topological polar surface area (TPSA) is 75.6 Å². The number of benzene rings is 1. The number of hydrogen-bond donors (Lipinski definition) is 2. The van der Waals surface area contributed by atoms with Crippen LogP contribution in [0.3, 0.4) is 0 Å². The molecule has 0 aliphatic carbocycles. The summed E-state index contributed by atoms with van der Waals surface area (Å²) in [6.07, 6.45) is 0.102. The Balaban J connectivity index is 2.81. The van der Waals surface area contributed by atoms with Crippen LogP contribution >= 0.6 is 11.6 Å². The second kappa shape index (κ2) is 6.98. The van der Waals surface area contributed by atoms with Gasteiger partial charge < -0.3 is 15.2 Å². The Hall–Kier alpha value is -1.59. The van der Waals surface area contributed by atoms with Crippen LogP contribution in [-0.4, -0.2) is 30.7 Å². The molecule has 0 aliphatic rings. The van der Waals surface area contributed by atoms with Gasteiger partial charge in [-0.05, 0) is 6.07 Å². The molecule has 0 saturated carbocycles. The molecule has 18 heavy (non-hydrogen) atoms. The van der Waals surface area contributed by atoms with Gasteiger partial charge in [-0.3, -0.25) is 4.79 Å². The first-order chi connectivity index (χ1) is 8.56. The molecule has 0 radical (unpaired) electrons. The second-order valence-electron chi connectivity index (χ2n) is 3.60. The number of ether oxygens (including phenoxy) is 1. The molecule has 1 unspecified atom stereocenters. The van der Waals surface area contributed by atoms with Gasteiger partial charge in [0.25, 0.3) is 0 Å². The lowest BCUT2D eigenvalue weighted by atomic mass is 10.1. The highest BCUT2D eigenvalue weighted by atomic mass is 35.5. The molecule has 0 fully saturated rings. The zero-order valence-corrected chi connectivity index (χ0v) is 10.6. The van der Waals surface area contributed by atoms with Crippen LogP contribution in [0.4, 0.5) is 0 Å². The van der Waals surface area contributed by atoms with Crippen molar-refractivity contribution in [3.05, 3.63) is 34.9 Å². The lowest BCUT2D eigenvalue weighted by molar-refractivity contribution is -0.142. The Kier molecular flexibility index (Phi) is 5.61. The van der Waals surface area contributed by atoms with E-state index < -0.39 is 17.9 Å². The van der Waals surface area contributed by atoms with Crippen LogP contribution in [0.25, 0.3) is 0 Å². The van der Waals surface area contributed by atoms with E-state index >= 15 is 0 Å². The lowest BCUT2D eigenvalue weighted by Gasteiger charge is -2.16. The van der Waals surface area contributed by atoms with Crippen LogP contribution < -0.4 is 5.32 Å². The Morgan fingerprint density at radius 1 is 1.44 bits per heavy atom. The number of methoxy groups -OCH3 is 1. The van der Waals surface area contributed by atoms with E-state index in [2.05, 4.69) is 5.32 Å². The fraction of sp³-hybridized carbons (Fsp3) is 0.333. The van der Waals surface area contributed by atoms with Crippen LogP contribution in [-0.2, 0) is 14.3 Å². The third kappa shape index (κ3) is 4.01. The van der Waals surface area contributed by atoms with Crippen molar-refractivity contribution in [1.82, 2.24) is 5.32 Å². The lowest BCUT2D eigenvalue weighted by Crippen LogP contribution is -2.34. The van der Waals surface area contributed by atoms with Crippen LogP contribution in [0.5, 0.6) is 0 Å². The van der Waals surface area contributed by atoms with Crippen molar-refractivity contribution in [3.63, 3.8) is 0 Å². The number of carboxylic acid groups (broad SMARTS) is 1. The molecule has 2 N–H and O–H groups in total. The maximum Gasteiger partial charge on any atom is 0.330 e. The van der Waals surface area contributed by atoms with E-state index in [4.69, 9.17) is 21.4 Å². The van der Waals surface area contributed by atoms with Crippen molar-refractivity contribution in [2.45, 2.75) is 12.5 Å². The Labute approximate surface area is 110 Å². The number of rotatable bonds is 6. The normalized spacial score (nSPS) is 11.9. The molecule has 5 nitrogen and oxygen atoms in total. The molecule has 1 atom stereocenters. The number of halogens is 1. The summed E-state index contributed by atoms with van der Waals surface area (Å²) in [7, 11) is 1.47. The van der Waals surface area contributed by atoms with Gasteiger partial charge in [0.05, 0.1) is 6.61 Å². The van der Waals surface area contributed by atoms with E-state index in [1.54, 1.807) is 24.3 Å². The zero-order valence-electron chi connectivity index (χ0n) is 9.85. The molecule has 0 saturated heterocycles. The van der Waals surface area contributed by atoms with Crippen molar-refractivity contribution in [1.29, 1.82) is 0 Å². The minimum Gasteiger partial charge on any atom is -0.479 e. The number of hydrogen-bond acceptors (Lipinski definition) is 3. The van der Waals surface area contributed by atoms with Crippen molar-refractivity contribution in [2.75, 3.05) is 13.7 Å². The number of carbonyl (C=O) groups is 2. The summed E-state index contributed by atoms with van der Waals surface area (Å²) in [6, 6.07) is 5.35. The standard InChI is InChI=1S/C12H14ClNO4/c1-18-7-6-10(15)14-11(12(16)17)8-4-2-3-5-9(8)13/h2-5,11H,6-7H2,1H3,(H,14,15)(H,16,17). The smallest absolute Gasteiger partial charge is 0.330 e. The first-order valence-electron chi connectivity index (χ1n) is 5.31. The van der Waals surface area contributed by atoms with Gasteiger partial charge in [-0.1, -0.05) is 29.8 Å². The quantitative estimate of drug-likeness (QED) is 0.824. The minimum atomic E-state index is -1.16. The first kappa shape index (κ1) is 14.5. The van der Waals surface area contributed by atoms with Crippen molar-refractivity contribution in [3.8, 4) is 0 Å². The predicted molar refractivity (Wildman–Crippen MR) is 66.5 cm³/mol. The molecule has 0 heterocycles. The van der Waals surface area contributed by atoms with Crippen LogP contribution in [0.15, 0.2) is 24.3 Å². The van der Waals surface area contributed by atoms with Gasteiger partial charge in [-0.2, -0.15) is 0 Å². The van der Waals surface area contributed by atoms with Crippen LogP contribution in [0.1, 0.15) is 18.0 Å². The van der Waals surface area contributed by atoms with Crippen molar-refractivity contribution in [2.24, 2.45) is 0 Å². The molecular weight excluding hydrogens is 258 g/mol. The fourth-order valence-electron chi connectivity index (χ4n) is 1.41. The minimum absolute atomic E-state index is 0.102. The second-order valence-corrected chi connectivity index (χ2v) is 4.01. The largest absolute Gasteiger partial charge is 0.479 e. The van der Waals surface area contributed by atoms with E-state index in [1.807, 2.05) is 0 Å². The third-order valence-corrected chi connectivity index (χ3v) is 2.65. The number of carbonyl (C=O) groups excluding carboxylic acids is 1. The molecule has 0 bridgehead atoms. The molecular formula is C12H14ClNO4. The Morgan fingerprint density at radius 2 is 2.11 bits per heavy atom. The summed E-state index contributed by atoms with van der Waals surface area (Å²) in [5.74, 6) is -1.56. The van der Waals surface area contributed by atoms with E-state index in [0.29, 0.717) is 10.6 Å². The van der Waals surface area contributed by atoms with Crippen LogP contribution in [0.2, 0.25) is 5.02 Å². The SMILES string of the molecule is COCCC(=O)NC(C(=O)O)c1ccccc1Cl. The van der Waals surface area contributed by atoms with Gasteiger partial charge in [-0.25, -0.2) is 4.79 Å². The monoisotopic (exact) mass is 271 g/mol. The average molecular weight is 272 g/mol. The summed E-state index contributed by atoms with van der Waals surface area (Å²) in [6.45, 7) is 0.237. The molecule has 1 aromatic carbocycles. The van der Waals surface area contributed by atoms with Gasteiger partial charge in [-0.15, -0.1) is 0 Å². The van der Waals surface area contributed by atoms with E-state index in [-0.39, 0.29) is 13.0 Å². The number of amides is 1. The van der Waals surface area contributed by atoms with Gasteiger partial charge in [0, 0.05) is 24.1 Å². The number of carboxylic acids is 1. The number of nitrogens with one attached hydrogen (secondary N) is 1. The summed E-state index contributed by atoms with van der Waals surface area (Å²) >= 11 is 5.91. The summed E-state index contributed by atoms with van der Waals surface area (Å²) < 4.78 is 4.75. The first-order valence-corrected chi connectivity index (χ1v) is 5.69. The van der Waals surface area contributed by atoms with Gasteiger partial charge in [0.1, 0.15) is 0 Å². The molecule has 98 valence electrons. The maximum absolute atomic E-state index is 11.5. The molecule has 1 aromatic rings. The summed E-state index contributed by atoms with van der Waals surface area (Å²) in [5.41, 5.74) is 0.359. The molecule has 0 aromatic heterocycles. The van der Waals surface area contributed by atoms with Gasteiger partial charge >= 0.3 is 5.97 Å². The summed E-state index contributed by atoms with van der Waals surface area (Å²) in [4.78, 5) is 22.7. The van der Waals surface area contributed by atoms with E-state index in [9.17, 15) is 9.59 Å². The highest BCUT2D eigenvalue weighted by molar-refractivity contribution is 6.31. The Bertz CT molecular complexity index is 436. The molecule has 0 spiro atoms. The summed E-state index contributed by atoms with van der Waals surface area (Å²) in [5, 5.41) is 11.8. The van der Waals surface area contributed by atoms with Crippen molar-refractivity contribution < 1.29 is 19.4 Å². The highest BCUT2D eigenvalue weighted by Crippen LogP contribution is 2.22. The van der Waals surface area contributed by atoms with Crippen LogP contribution in [0, 0.1) is 0 Å². The molecule has 1 rings (SSSR count). The molecule has 0 aliphatic heterocycles. The third-order valence-electron chi connectivity index (χ3n) is 2.30. The zero-order chi connectivity index (χ0) is 13.5. The van der Waals surface area contributed by atoms with Gasteiger partial charge in [0.15, 0.2) is 6.04 Å². The predicted octanol–water partition coefficient (Wildman–Crippen LogP) is 1.62. The maximum atomic E-state index is 11.5. The number of aliphatic carboxylic acids is 1. The van der Waals surface area contributed by atoms with Gasteiger partial charge in [0.2, 0.25) is 5.91 Å². The Morgan fingerprint density at radius 3 is 2.67 bits per heavy atom. The van der Waals surface area contributed by atoms with E-state index in [1.165, 1.54) is 7.11 Å².